The van der Waals surface area contributed by atoms with E-state index in [2.05, 4.69) is 4.52 Å². The molecule has 4 aromatic rings. The lowest BCUT2D eigenvalue weighted by atomic mass is 9.86. The van der Waals surface area contributed by atoms with E-state index in [1.807, 2.05) is 39.0 Å². The molecule has 2 N–H and O–H groups in total. The lowest BCUT2D eigenvalue weighted by Gasteiger charge is -2.26. The minimum absolute atomic E-state index is 0.0175. The van der Waals surface area contributed by atoms with Crippen molar-refractivity contribution in [3.05, 3.63) is 117 Å². The number of phosphoric ester groups is 1. The second-order valence-electron chi connectivity index (χ2n) is 13.8. The number of carbonyl (C=O) groups excluding carboxylic acids is 1. The maximum atomic E-state index is 14.8. The molecule has 0 aliphatic heterocycles. The molecule has 56 heavy (non-hydrogen) atoms. The van der Waals surface area contributed by atoms with Gasteiger partial charge in [0.05, 0.1) is 24.8 Å². The molecule has 304 valence electrons. The molecule has 0 heterocycles. The molecule has 0 aliphatic carbocycles. The van der Waals surface area contributed by atoms with Crippen molar-refractivity contribution in [1.82, 2.24) is 0 Å². The molecular weight excluding hydrogens is 772 g/mol. The number of aryl methyl sites for hydroxylation is 3. The smallest absolute Gasteiger partial charge is 0.493 e. The Morgan fingerprint density at radius 2 is 1.45 bits per heavy atom. The molecule has 4 aromatic carbocycles. The molecule has 0 aliphatic rings. The van der Waals surface area contributed by atoms with Gasteiger partial charge in [-0.25, -0.2) is 13.8 Å². The zero-order valence-corrected chi connectivity index (χ0v) is 32.2. The highest BCUT2D eigenvalue weighted by molar-refractivity contribution is 7.46. The topological polar surface area (TPSA) is 112 Å². The van der Waals surface area contributed by atoms with Gasteiger partial charge in [0.2, 0.25) is 0 Å². The Kier molecular flexibility index (Phi) is 14.1. The van der Waals surface area contributed by atoms with Crippen LogP contribution in [0, 0.1) is 25.6 Å². The van der Waals surface area contributed by atoms with Crippen molar-refractivity contribution in [2.45, 2.75) is 78.3 Å². The largest absolute Gasteiger partial charge is 0.514 e. The van der Waals surface area contributed by atoms with Crippen molar-refractivity contribution in [3.8, 4) is 22.6 Å². The molecule has 0 bridgehead atoms. The van der Waals surface area contributed by atoms with Crippen LogP contribution in [-0.4, -0.2) is 29.7 Å². The van der Waals surface area contributed by atoms with Crippen molar-refractivity contribution < 1.29 is 68.6 Å². The van der Waals surface area contributed by atoms with Crippen LogP contribution >= 0.6 is 7.82 Å². The first-order valence-corrected chi connectivity index (χ1v) is 18.9. The quantitative estimate of drug-likeness (QED) is 0.0560. The zero-order valence-electron chi connectivity index (χ0n) is 31.3. The number of benzene rings is 4. The van der Waals surface area contributed by atoms with Crippen LogP contribution < -0.4 is 9.47 Å². The Balaban J connectivity index is 1.70. The van der Waals surface area contributed by atoms with Crippen LogP contribution in [0.1, 0.15) is 83.7 Å². The average molecular weight is 815 g/mol. The minimum Gasteiger partial charge on any atom is -0.493 e. The van der Waals surface area contributed by atoms with Gasteiger partial charge < -0.3 is 24.0 Å². The van der Waals surface area contributed by atoms with Gasteiger partial charge >= 0.3 is 26.3 Å². The summed E-state index contributed by atoms with van der Waals surface area (Å²) in [7, 11) is -3.50. The molecule has 2 atom stereocenters. The Morgan fingerprint density at radius 3 is 2.02 bits per heavy atom. The van der Waals surface area contributed by atoms with Crippen LogP contribution in [0.3, 0.4) is 0 Å². The Hall–Kier alpha value is -4.43. The minimum atomic E-state index is -5.17. The third-order valence-corrected chi connectivity index (χ3v) is 9.65. The van der Waals surface area contributed by atoms with E-state index in [-0.39, 0.29) is 55.2 Å². The predicted octanol–water partition coefficient (Wildman–Crippen LogP) is 11.5. The van der Waals surface area contributed by atoms with Gasteiger partial charge in [0.25, 0.3) is 0 Å². The Morgan fingerprint density at radius 1 is 0.804 bits per heavy atom. The first-order valence-electron chi connectivity index (χ1n) is 17.4. The average Bonchev–Trinajstić information content (AvgIpc) is 3.08. The molecule has 0 spiro atoms. The molecular formula is C40H42F7O8P. The number of hydrogen-bond donors (Lipinski definition) is 2. The third-order valence-electron chi connectivity index (χ3n) is 9.14. The highest BCUT2D eigenvalue weighted by Crippen LogP contribution is 2.42. The summed E-state index contributed by atoms with van der Waals surface area (Å²) in [5.74, 6) is -1.62. The van der Waals surface area contributed by atoms with Crippen molar-refractivity contribution in [3.63, 3.8) is 0 Å². The van der Waals surface area contributed by atoms with Gasteiger partial charge in [-0.15, -0.1) is 0 Å². The van der Waals surface area contributed by atoms with Gasteiger partial charge in [0.15, 0.2) is 11.5 Å². The molecule has 0 fully saturated rings. The van der Waals surface area contributed by atoms with Gasteiger partial charge in [-0.05, 0) is 126 Å². The fourth-order valence-corrected chi connectivity index (χ4v) is 6.59. The predicted molar refractivity (Wildman–Crippen MR) is 194 cm³/mol. The summed E-state index contributed by atoms with van der Waals surface area (Å²) in [4.78, 5) is 31.2. The number of ether oxygens (including phenoxy) is 3. The number of hydrogen-bond acceptors (Lipinski definition) is 6. The molecule has 4 rings (SSSR count). The molecule has 8 nitrogen and oxygen atoms in total. The molecule has 0 aromatic heterocycles. The third kappa shape index (κ3) is 11.8. The summed E-state index contributed by atoms with van der Waals surface area (Å²) in [5.41, 5.74) is 1.05. The number of halogens is 7. The SMILES string of the molecule is COc1cc(CCOP(=O)(O)O)ccc1OC(=O)O[C@H](c1cc(C(F)(F)F)cc(C(F)(F)F)c1)[C@H](C)CCc1cc(C)ccc1-c1cc(C(C)C)c(F)cc1C. The normalized spacial score (nSPS) is 13.4. The van der Waals surface area contributed by atoms with E-state index in [9.17, 15) is 40.1 Å². The van der Waals surface area contributed by atoms with Crippen LogP contribution in [0.5, 0.6) is 11.5 Å². The van der Waals surface area contributed by atoms with E-state index in [1.165, 1.54) is 38.3 Å². The van der Waals surface area contributed by atoms with Gasteiger partial charge in [0, 0.05) is 0 Å². The molecule has 0 amide bonds. The summed E-state index contributed by atoms with van der Waals surface area (Å²) >= 11 is 0. The first kappa shape index (κ1) is 44.3. The van der Waals surface area contributed by atoms with E-state index in [1.54, 1.807) is 13.0 Å². The molecule has 0 unspecified atom stereocenters. The van der Waals surface area contributed by atoms with E-state index < -0.39 is 55.0 Å². The summed E-state index contributed by atoms with van der Waals surface area (Å²) in [6, 6.07) is 13.9. The highest BCUT2D eigenvalue weighted by Gasteiger charge is 2.39. The molecule has 16 heteroatoms. The van der Waals surface area contributed by atoms with Gasteiger partial charge in [0.1, 0.15) is 11.9 Å². The molecule has 0 radical (unpaired) electrons. The second-order valence-corrected chi connectivity index (χ2v) is 15.0. The molecule has 0 saturated heterocycles. The number of phosphoric acid groups is 1. The fourth-order valence-electron chi connectivity index (χ4n) is 6.26. The molecule has 0 saturated carbocycles. The van der Waals surface area contributed by atoms with Gasteiger partial charge in [-0.3, -0.25) is 4.52 Å². The fraction of sp³-hybridized carbons (Fsp3) is 0.375. The zero-order chi connectivity index (χ0) is 41.7. The lowest BCUT2D eigenvalue weighted by molar-refractivity contribution is -0.143. The maximum absolute atomic E-state index is 14.8. The van der Waals surface area contributed by atoms with Crippen LogP contribution in [0.2, 0.25) is 0 Å². The van der Waals surface area contributed by atoms with Crippen LogP contribution in [-0.2, 0) is 39.0 Å². The van der Waals surface area contributed by atoms with Crippen molar-refractivity contribution in [1.29, 1.82) is 0 Å². The highest BCUT2D eigenvalue weighted by atomic mass is 31.2. The standard InChI is InChI=1S/C40H42F7O8P/c1-22(2)32-21-33(25(5)16-34(32)41)31-11-7-23(3)15-27(31)10-8-24(4)37(28-18-29(39(42,43)44)20-30(19-28)40(45,46)47)55-38(48)54-35-12-9-26(17-36(35)52-6)13-14-53-56(49,50)51/h7,9,11-12,15-22,24,37H,8,10,13-14H2,1-6H3,(H2,49,50,51)/t24-,37+/m1/s1. The number of carbonyl (C=O) groups is 1. The monoisotopic (exact) mass is 814 g/mol. The van der Waals surface area contributed by atoms with Crippen molar-refractivity contribution >= 4 is 14.0 Å². The number of methoxy groups -OCH3 is 1. The Bertz CT molecular complexity index is 2040. The second kappa shape index (κ2) is 17.8. The van der Waals surface area contributed by atoms with E-state index >= 15 is 0 Å². The summed E-state index contributed by atoms with van der Waals surface area (Å²) in [6.07, 6.45) is -13.1. The van der Waals surface area contributed by atoms with Crippen molar-refractivity contribution in [2.75, 3.05) is 13.7 Å². The van der Waals surface area contributed by atoms with Crippen LogP contribution in [0.25, 0.3) is 11.1 Å². The van der Waals surface area contributed by atoms with E-state index in [0.29, 0.717) is 28.8 Å². The van der Waals surface area contributed by atoms with E-state index in [0.717, 1.165) is 22.3 Å². The summed E-state index contributed by atoms with van der Waals surface area (Å²) in [6.45, 7) is 8.50. The maximum Gasteiger partial charge on any atom is 0.514 e. The van der Waals surface area contributed by atoms with Crippen LogP contribution in [0.15, 0.2) is 66.7 Å². The van der Waals surface area contributed by atoms with Gasteiger partial charge in [-0.2, -0.15) is 26.3 Å². The van der Waals surface area contributed by atoms with E-state index in [4.69, 9.17) is 24.0 Å². The van der Waals surface area contributed by atoms with Crippen LogP contribution in [0.4, 0.5) is 35.5 Å². The number of alkyl halides is 6. The lowest BCUT2D eigenvalue weighted by Crippen LogP contribution is -2.23. The Labute approximate surface area is 319 Å². The van der Waals surface area contributed by atoms with Crippen molar-refractivity contribution in [2.24, 2.45) is 5.92 Å². The number of rotatable bonds is 14. The first-order chi connectivity index (χ1) is 26.0. The summed E-state index contributed by atoms with van der Waals surface area (Å²) < 4.78 is 130. The summed E-state index contributed by atoms with van der Waals surface area (Å²) in [5, 5.41) is 0. The van der Waals surface area contributed by atoms with Gasteiger partial charge in [-0.1, -0.05) is 50.6 Å².